The molecule has 6 nitrogen and oxygen atoms in total. The maximum absolute atomic E-state index is 12.6. The molecule has 8 heteroatoms. The van der Waals surface area contributed by atoms with E-state index in [2.05, 4.69) is 0 Å². The van der Waals surface area contributed by atoms with Gasteiger partial charge in [0.05, 0.1) is 12.2 Å². The van der Waals surface area contributed by atoms with Crippen LogP contribution >= 0.6 is 12.4 Å². The Hall–Kier alpha value is 0.0800. The number of hydrogen-bond acceptors (Lipinski definition) is 4. The number of morpholine rings is 1. The molecule has 0 saturated carbocycles. The Morgan fingerprint density at radius 2 is 1.60 bits per heavy atom. The lowest BCUT2D eigenvalue weighted by atomic mass is 9.96. The normalized spacial score (nSPS) is 37.4. The molecule has 0 aromatic heterocycles. The number of ether oxygens (including phenoxy) is 1. The first kappa shape index (κ1) is 18.1. The van der Waals surface area contributed by atoms with Crippen LogP contribution in [-0.4, -0.2) is 61.5 Å². The van der Waals surface area contributed by atoms with Crippen molar-refractivity contribution in [1.29, 1.82) is 0 Å². The summed E-state index contributed by atoms with van der Waals surface area (Å²) in [6, 6.07) is 0.106. The van der Waals surface area contributed by atoms with Gasteiger partial charge >= 0.3 is 0 Å². The summed E-state index contributed by atoms with van der Waals surface area (Å²) in [6.45, 7) is 7.74. The van der Waals surface area contributed by atoms with E-state index in [9.17, 15) is 8.42 Å². The van der Waals surface area contributed by atoms with E-state index in [-0.39, 0.29) is 36.6 Å². The Labute approximate surface area is 128 Å². The molecule has 20 heavy (non-hydrogen) atoms. The first-order valence-corrected chi connectivity index (χ1v) is 8.36. The molecule has 0 amide bonds. The van der Waals surface area contributed by atoms with Gasteiger partial charge in [-0.15, -0.1) is 12.4 Å². The molecule has 4 unspecified atom stereocenters. The molecule has 0 aliphatic carbocycles. The van der Waals surface area contributed by atoms with E-state index in [0.717, 1.165) is 6.42 Å². The second-order valence-corrected chi connectivity index (χ2v) is 7.80. The Morgan fingerprint density at radius 3 is 2.10 bits per heavy atom. The Kier molecular flexibility index (Phi) is 6.25. The molecule has 0 bridgehead atoms. The monoisotopic (exact) mass is 327 g/mol. The number of piperidine rings is 1. The van der Waals surface area contributed by atoms with Gasteiger partial charge in [0.2, 0.25) is 0 Å². The van der Waals surface area contributed by atoms with Crippen molar-refractivity contribution in [3.05, 3.63) is 0 Å². The highest BCUT2D eigenvalue weighted by Crippen LogP contribution is 2.22. The summed E-state index contributed by atoms with van der Waals surface area (Å²) in [5.74, 6) is 0.208. The van der Waals surface area contributed by atoms with Crippen molar-refractivity contribution in [2.24, 2.45) is 11.7 Å². The second kappa shape index (κ2) is 6.89. The van der Waals surface area contributed by atoms with E-state index in [1.807, 2.05) is 20.8 Å². The Balaban J connectivity index is 0.00000200. The van der Waals surface area contributed by atoms with E-state index in [0.29, 0.717) is 26.2 Å². The van der Waals surface area contributed by atoms with Gasteiger partial charge in [0.15, 0.2) is 0 Å². The zero-order valence-electron chi connectivity index (χ0n) is 12.4. The second-order valence-electron chi connectivity index (χ2n) is 5.87. The summed E-state index contributed by atoms with van der Waals surface area (Å²) >= 11 is 0. The summed E-state index contributed by atoms with van der Waals surface area (Å²) in [5.41, 5.74) is 5.95. The van der Waals surface area contributed by atoms with Gasteiger partial charge in [-0.3, -0.25) is 0 Å². The lowest BCUT2D eigenvalue weighted by Gasteiger charge is -2.40. The fourth-order valence-electron chi connectivity index (χ4n) is 2.82. The van der Waals surface area contributed by atoms with Crippen LogP contribution in [0.2, 0.25) is 0 Å². The average molecular weight is 328 g/mol. The topological polar surface area (TPSA) is 75.9 Å². The molecule has 0 aromatic carbocycles. The van der Waals surface area contributed by atoms with E-state index in [4.69, 9.17) is 10.5 Å². The quantitative estimate of drug-likeness (QED) is 0.798. The van der Waals surface area contributed by atoms with E-state index in [1.54, 1.807) is 8.61 Å². The largest absolute Gasteiger partial charge is 0.373 e. The lowest BCUT2D eigenvalue weighted by molar-refractivity contribution is -0.0457. The van der Waals surface area contributed by atoms with Crippen LogP contribution in [0.25, 0.3) is 0 Å². The third kappa shape index (κ3) is 3.84. The van der Waals surface area contributed by atoms with Crippen molar-refractivity contribution in [1.82, 2.24) is 8.61 Å². The highest BCUT2D eigenvalue weighted by atomic mass is 35.5. The first-order valence-electron chi connectivity index (χ1n) is 6.97. The van der Waals surface area contributed by atoms with Gasteiger partial charge in [-0.2, -0.15) is 17.0 Å². The summed E-state index contributed by atoms with van der Waals surface area (Å²) in [7, 11) is -3.38. The van der Waals surface area contributed by atoms with Crippen LogP contribution in [0.3, 0.4) is 0 Å². The molecule has 2 aliphatic rings. The summed E-state index contributed by atoms with van der Waals surface area (Å²) in [5, 5.41) is 0. The Bertz CT molecular complexity index is 410. The lowest BCUT2D eigenvalue weighted by Crippen LogP contribution is -2.56. The zero-order valence-corrected chi connectivity index (χ0v) is 14.0. The third-order valence-corrected chi connectivity index (χ3v) is 5.91. The highest BCUT2D eigenvalue weighted by Gasteiger charge is 2.38. The standard InChI is InChI=1S/C12H25N3O3S.ClH/c1-9-6-14(5-4-12(9)13)19(16,17)15-7-10(2)18-11(3)8-15;/h9-12H,4-8,13H2,1-3H3;1H. The van der Waals surface area contributed by atoms with E-state index < -0.39 is 10.2 Å². The van der Waals surface area contributed by atoms with Crippen molar-refractivity contribution in [2.45, 2.75) is 45.4 Å². The van der Waals surface area contributed by atoms with Gasteiger partial charge in [0.25, 0.3) is 10.2 Å². The fourth-order valence-corrected chi connectivity index (χ4v) is 4.70. The van der Waals surface area contributed by atoms with Crippen LogP contribution in [-0.2, 0) is 14.9 Å². The number of nitrogens with zero attached hydrogens (tertiary/aromatic N) is 2. The zero-order chi connectivity index (χ0) is 14.2. The van der Waals surface area contributed by atoms with Gasteiger partial charge in [-0.25, -0.2) is 0 Å². The molecule has 2 rings (SSSR count). The average Bonchev–Trinajstić information content (AvgIpc) is 2.31. The minimum Gasteiger partial charge on any atom is -0.373 e. The van der Waals surface area contributed by atoms with Gasteiger partial charge in [0.1, 0.15) is 0 Å². The fraction of sp³-hybridized carbons (Fsp3) is 1.00. The molecule has 0 aromatic rings. The molecule has 2 N–H and O–H groups in total. The predicted molar refractivity (Wildman–Crippen MR) is 81.1 cm³/mol. The van der Waals surface area contributed by atoms with Crippen molar-refractivity contribution < 1.29 is 13.2 Å². The van der Waals surface area contributed by atoms with Crippen LogP contribution < -0.4 is 5.73 Å². The third-order valence-electron chi connectivity index (χ3n) is 3.97. The highest BCUT2D eigenvalue weighted by molar-refractivity contribution is 7.86. The minimum atomic E-state index is -3.38. The van der Waals surface area contributed by atoms with Crippen molar-refractivity contribution in [3.63, 3.8) is 0 Å². The van der Waals surface area contributed by atoms with E-state index >= 15 is 0 Å². The molecule has 120 valence electrons. The molecule has 4 atom stereocenters. The Morgan fingerprint density at radius 1 is 1.05 bits per heavy atom. The number of halogens is 1. The molecule has 0 radical (unpaired) electrons. The SMILES string of the molecule is CC1CN(S(=O)(=O)N2CCC(N)C(C)C2)CC(C)O1.Cl. The van der Waals surface area contributed by atoms with Gasteiger partial charge in [0, 0.05) is 32.2 Å². The number of hydrogen-bond donors (Lipinski definition) is 1. The van der Waals surface area contributed by atoms with Gasteiger partial charge in [-0.05, 0) is 26.2 Å². The molecule has 2 saturated heterocycles. The van der Waals surface area contributed by atoms with Crippen LogP contribution in [0, 0.1) is 5.92 Å². The summed E-state index contributed by atoms with van der Waals surface area (Å²) in [4.78, 5) is 0. The van der Waals surface area contributed by atoms with Crippen LogP contribution in [0.4, 0.5) is 0 Å². The number of nitrogens with two attached hydrogens (primary N) is 1. The first-order chi connectivity index (χ1) is 8.80. The molecular formula is C12H26ClN3O3S. The van der Waals surface area contributed by atoms with E-state index in [1.165, 1.54) is 0 Å². The van der Waals surface area contributed by atoms with Crippen molar-refractivity contribution in [3.8, 4) is 0 Å². The maximum atomic E-state index is 12.6. The van der Waals surface area contributed by atoms with Crippen molar-refractivity contribution in [2.75, 3.05) is 26.2 Å². The molecular weight excluding hydrogens is 302 g/mol. The van der Waals surface area contributed by atoms with Gasteiger partial charge < -0.3 is 10.5 Å². The molecule has 0 spiro atoms. The smallest absolute Gasteiger partial charge is 0.282 e. The number of rotatable bonds is 2. The molecule has 2 heterocycles. The van der Waals surface area contributed by atoms with Crippen molar-refractivity contribution >= 4 is 22.6 Å². The summed E-state index contributed by atoms with van der Waals surface area (Å²) < 4.78 is 34.0. The maximum Gasteiger partial charge on any atom is 0.282 e. The van der Waals surface area contributed by atoms with Gasteiger partial charge in [-0.1, -0.05) is 6.92 Å². The van der Waals surface area contributed by atoms with Crippen LogP contribution in [0.5, 0.6) is 0 Å². The molecule has 2 aliphatic heterocycles. The predicted octanol–water partition coefficient (Wildman–Crippen LogP) is 0.431. The van der Waals surface area contributed by atoms with Crippen LogP contribution in [0.15, 0.2) is 0 Å². The molecule has 2 fully saturated rings. The van der Waals surface area contributed by atoms with Crippen LogP contribution in [0.1, 0.15) is 27.2 Å². The minimum absolute atomic E-state index is 0. The summed E-state index contributed by atoms with van der Waals surface area (Å²) in [6.07, 6.45) is 0.626.